The summed E-state index contributed by atoms with van der Waals surface area (Å²) in [5, 5.41) is 19.8. The molecule has 8 N–H and O–H groups in total. The van der Waals surface area contributed by atoms with Crippen LogP contribution in [0.1, 0.15) is 72.6 Å². The number of carboxylic acids is 1. The molecule has 308 valence electrons. The summed E-state index contributed by atoms with van der Waals surface area (Å²) >= 11 is 0. The number of nitrogens with zero attached hydrogens (tertiary/aromatic N) is 3. The van der Waals surface area contributed by atoms with Gasteiger partial charge in [-0.25, -0.2) is 4.79 Å². The van der Waals surface area contributed by atoms with Crippen molar-refractivity contribution in [3.8, 4) is 0 Å². The predicted octanol–water partition coefficient (Wildman–Crippen LogP) is 4.63. The van der Waals surface area contributed by atoms with E-state index in [2.05, 4.69) is 20.9 Å². The number of amides is 3. The van der Waals surface area contributed by atoms with Gasteiger partial charge >= 0.3 is 12.9 Å². The normalized spacial score (nSPS) is 15.4. The Bertz CT molecular complexity index is 2370. The Morgan fingerprint density at radius 3 is 2.34 bits per heavy atom. The van der Waals surface area contributed by atoms with Gasteiger partial charge in [-0.3, -0.25) is 19.4 Å². The molecule has 16 heteroatoms. The van der Waals surface area contributed by atoms with E-state index in [9.17, 15) is 24.3 Å². The second-order valence-corrected chi connectivity index (χ2v) is 15.0. The molecule has 13 nitrogen and oxygen atoms in total. The summed E-state index contributed by atoms with van der Waals surface area (Å²) < 4.78 is 34.0. The molecule has 0 bridgehead atoms. The molecule has 0 saturated heterocycles. The van der Waals surface area contributed by atoms with Gasteiger partial charge in [0.2, 0.25) is 17.7 Å². The van der Waals surface area contributed by atoms with Gasteiger partial charge in [-0.1, -0.05) is 72.8 Å². The molecule has 59 heavy (non-hydrogen) atoms. The Balaban J connectivity index is 1.16. The molecule has 3 amide bonds. The molecule has 0 aliphatic carbocycles. The average molecular weight is 807 g/mol. The minimum Gasteiger partial charge on any atom is -0.480 e. The van der Waals surface area contributed by atoms with Crippen LogP contribution in [0.25, 0.3) is 16.8 Å². The Labute approximate surface area is 341 Å². The van der Waals surface area contributed by atoms with Crippen LogP contribution in [-0.2, 0) is 25.6 Å². The average Bonchev–Trinajstić information content (AvgIpc) is 3.76. The molecule has 2 aliphatic rings. The maximum absolute atomic E-state index is 15.9. The third-order valence-electron chi connectivity index (χ3n) is 10.7. The number of benzene rings is 3. The molecule has 6 rings (SSSR count). The first-order chi connectivity index (χ1) is 28.2. The maximum Gasteiger partial charge on any atom is 0.737 e. The number of allylic oxidation sites excluding steroid dienone is 2. The van der Waals surface area contributed by atoms with Gasteiger partial charge in [-0.15, -0.1) is 0 Å². The van der Waals surface area contributed by atoms with E-state index in [0.717, 1.165) is 19.9 Å². The molecule has 4 aromatic rings. The zero-order valence-electron chi connectivity index (χ0n) is 33.0. The Morgan fingerprint density at radius 2 is 1.59 bits per heavy atom. The number of hydrogen-bond acceptors (Lipinski definition) is 5. The van der Waals surface area contributed by atoms with Gasteiger partial charge in [-0.2, -0.15) is 0 Å². The minimum atomic E-state index is -4.10. The molecule has 0 fully saturated rings. The highest BCUT2D eigenvalue weighted by atomic mass is 19.2. The summed E-state index contributed by atoms with van der Waals surface area (Å²) in [6, 6.07) is 19.4. The molecule has 1 unspecified atom stereocenters. The van der Waals surface area contributed by atoms with E-state index in [1.807, 2.05) is 25.1 Å². The first-order valence-electron chi connectivity index (χ1n) is 19.7. The summed E-state index contributed by atoms with van der Waals surface area (Å²) in [6.45, 7) is -0.451. The molecule has 0 spiro atoms. The van der Waals surface area contributed by atoms with Crippen molar-refractivity contribution in [2.75, 3.05) is 6.54 Å². The van der Waals surface area contributed by atoms with Gasteiger partial charge in [-0.05, 0) is 78.8 Å². The van der Waals surface area contributed by atoms with Gasteiger partial charge in [0.1, 0.15) is 23.8 Å². The zero-order chi connectivity index (χ0) is 42.3. The zero-order valence-corrected chi connectivity index (χ0v) is 33.0. The van der Waals surface area contributed by atoms with Crippen LogP contribution >= 0.6 is 0 Å². The number of guanidine groups is 1. The third-order valence-corrected chi connectivity index (χ3v) is 10.7. The third kappa shape index (κ3) is 9.76. The number of hydrogen-bond donors (Lipinski definition) is 6. The fourth-order valence-corrected chi connectivity index (χ4v) is 7.86. The van der Waals surface area contributed by atoms with Crippen LogP contribution in [0, 0.1) is 13.8 Å². The number of carbonyl (C=O) groups excluding carboxylic acids is 3. The maximum atomic E-state index is 15.9. The number of fused-ring (bicyclic) bond motifs is 3. The molecule has 3 heterocycles. The van der Waals surface area contributed by atoms with Gasteiger partial charge in [0.05, 0.1) is 0 Å². The van der Waals surface area contributed by atoms with E-state index in [1.165, 1.54) is 0 Å². The highest BCUT2D eigenvalue weighted by Gasteiger charge is 2.52. The smallest absolute Gasteiger partial charge is 0.480 e. The summed E-state index contributed by atoms with van der Waals surface area (Å²) in [5.74, 6) is -3.26. The molecule has 1 aromatic heterocycles. The standard InChI is InChI=1S/C43H49BF2N8O5/c1-27-24-28(2)53-37(27)26-32-22-21-31(54(32)44(53,45)46)16-7-9-20-38(55)50-35(19-11-23-49-43(47)48)40(56)52-39(34-18-10-15-30-14-6-8-17-33(30)34)41(57)51-36(42(58)59)25-29-12-4-3-5-13-29/h3-6,8,10,12-15,17-18,21-22,24,26,35-36,39H,7,9,11,16,19-20,23,25H2,1-2H3,(H,50,55)(H,51,57)(H,52,56)(H,58,59)(H4,47,48,49)/t35-,36-,39?/m0/s1. The van der Waals surface area contributed by atoms with Crippen LogP contribution in [0.5, 0.6) is 0 Å². The van der Waals surface area contributed by atoms with E-state index in [1.54, 1.807) is 85.8 Å². The van der Waals surface area contributed by atoms with E-state index in [0.29, 0.717) is 65.0 Å². The first-order valence-corrected chi connectivity index (χ1v) is 19.7. The fraction of sp³-hybridized carbons (Fsp3) is 0.302. The van der Waals surface area contributed by atoms with Gasteiger partial charge < -0.3 is 50.1 Å². The van der Waals surface area contributed by atoms with E-state index >= 15 is 8.63 Å². The van der Waals surface area contributed by atoms with Gasteiger partial charge in [0.15, 0.2) is 11.7 Å². The molecule has 0 saturated carbocycles. The number of aromatic nitrogens is 1. The number of aryl methyl sites for hydroxylation is 2. The molecule has 3 atom stereocenters. The molecule has 2 aliphatic heterocycles. The van der Waals surface area contributed by atoms with Gasteiger partial charge in [0, 0.05) is 49.7 Å². The largest absolute Gasteiger partial charge is 0.737 e. The quantitative estimate of drug-likeness (QED) is 0.0365. The lowest BCUT2D eigenvalue weighted by atomic mass is 9.90. The van der Waals surface area contributed by atoms with Crippen LogP contribution in [0.2, 0.25) is 0 Å². The van der Waals surface area contributed by atoms with Crippen LogP contribution in [0.3, 0.4) is 0 Å². The minimum absolute atomic E-state index is 0.00373. The Kier molecular flexibility index (Phi) is 13.1. The van der Waals surface area contributed by atoms with Gasteiger partial charge in [0.25, 0.3) is 0 Å². The SMILES string of the molecule is Cc1cc(C)n2c1C=C1C=CC(CCCCC(=O)N[C@@H](CCCN=C(N)N)C(=O)NC(C(=O)N[C@@H](Cc3ccccc3)C(=O)O)c3cccc4ccccc34)=[N+]1[B-]2(F)F. The van der Waals surface area contributed by atoms with Crippen LogP contribution in [-0.4, -0.2) is 75.0 Å². The number of nitrogens with one attached hydrogen (secondary N) is 3. The lowest BCUT2D eigenvalue weighted by Gasteiger charge is -2.30. The first kappa shape index (κ1) is 42.0. The summed E-state index contributed by atoms with van der Waals surface area (Å²) in [4.78, 5) is 58.0. The predicted molar refractivity (Wildman–Crippen MR) is 225 cm³/mol. The number of nitrogens with two attached hydrogens (primary N) is 2. The summed E-state index contributed by atoms with van der Waals surface area (Å²) in [7, 11) is 0. The lowest BCUT2D eigenvalue weighted by Crippen LogP contribution is -2.52. The van der Waals surface area contributed by atoms with E-state index in [4.69, 9.17) is 11.5 Å². The number of carboxylic acid groups (broad SMARTS) is 1. The van der Waals surface area contributed by atoms with Crippen molar-refractivity contribution in [3.05, 3.63) is 125 Å². The Hall–Kier alpha value is -6.58. The lowest BCUT2D eigenvalue weighted by molar-refractivity contribution is -0.362. The highest BCUT2D eigenvalue weighted by molar-refractivity contribution is 6.58. The topological polar surface area (TPSA) is 197 Å². The molecule has 0 radical (unpaired) electrons. The van der Waals surface area contributed by atoms with Crippen LogP contribution < -0.4 is 27.4 Å². The van der Waals surface area contributed by atoms with Crippen molar-refractivity contribution in [1.82, 2.24) is 20.4 Å². The number of aliphatic carboxylic acids is 1. The molecule has 3 aromatic carbocycles. The van der Waals surface area contributed by atoms with Crippen molar-refractivity contribution in [3.63, 3.8) is 0 Å². The second-order valence-electron chi connectivity index (χ2n) is 15.0. The number of rotatable bonds is 18. The summed E-state index contributed by atoms with van der Waals surface area (Å²) in [6.07, 6.45) is 6.64. The number of unbranched alkanes of at least 4 members (excludes halogenated alkanes) is 1. The second kappa shape index (κ2) is 18.3. The highest BCUT2D eigenvalue weighted by Crippen LogP contribution is 2.34. The van der Waals surface area contributed by atoms with E-state index < -0.39 is 48.8 Å². The van der Waals surface area contributed by atoms with Crippen LogP contribution in [0.4, 0.5) is 8.63 Å². The van der Waals surface area contributed by atoms with Crippen molar-refractivity contribution in [1.29, 1.82) is 0 Å². The number of carbonyl (C=O) groups is 4. The molecular formula is C43H49BF2N8O5. The van der Waals surface area contributed by atoms with Crippen LogP contribution in [0.15, 0.2) is 102 Å². The van der Waals surface area contributed by atoms with Crippen molar-refractivity contribution < 1.29 is 37.4 Å². The number of aliphatic imine (C=N–C) groups is 1. The molecular weight excluding hydrogens is 757 g/mol. The van der Waals surface area contributed by atoms with Crippen molar-refractivity contribution >= 4 is 59.2 Å². The van der Waals surface area contributed by atoms with E-state index in [-0.39, 0.29) is 31.8 Å². The number of halogens is 2. The Morgan fingerprint density at radius 1 is 0.864 bits per heavy atom. The summed E-state index contributed by atoms with van der Waals surface area (Å²) in [5.41, 5.74) is 14.8. The monoisotopic (exact) mass is 806 g/mol. The van der Waals surface area contributed by atoms with Crippen molar-refractivity contribution in [2.24, 2.45) is 16.5 Å². The fourth-order valence-electron chi connectivity index (χ4n) is 7.86. The van der Waals surface area contributed by atoms with Crippen molar-refractivity contribution in [2.45, 2.75) is 76.9 Å².